The van der Waals surface area contributed by atoms with E-state index in [4.69, 9.17) is 0 Å². The molecule has 1 aromatic heterocycles. The van der Waals surface area contributed by atoms with Gasteiger partial charge in [0.2, 0.25) is 5.13 Å². The van der Waals surface area contributed by atoms with Crippen LogP contribution in [0.5, 0.6) is 0 Å². The number of benzene rings is 2. The molecule has 0 atom stereocenters. The van der Waals surface area contributed by atoms with Gasteiger partial charge in [0.15, 0.2) is 5.00 Å². The number of nitrogens with zero attached hydrogens (tertiary/aromatic N) is 4. The monoisotopic (exact) mass is 335 g/mol. The number of azo groups is 1. The molecule has 24 heavy (non-hydrogen) atoms. The summed E-state index contributed by atoms with van der Waals surface area (Å²) in [5.41, 5.74) is 6.81. The third-order valence-electron chi connectivity index (χ3n) is 3.24. The van der Waals surface area contributed by atoms with Crippen LogP contribution in [-0.2, 0) is 0 Å². The zero-order valence-corrected chi connectivity index (χ0v) is 14.3. The van der Waals surface area contributed by atoms with E-state index in [9.17, 15) is 0 Å². The molecule has 1 N–H and O–H groups in total. The number of hydrogen-bond acceptors (Lipinski definition) is 6. The van der Waals surface area contributed by atoms with Crippen LogP contribution in [0.2, 0.25) is 0 Å². The Morgan fingerprint density at radius 2 is 1.71 bits per heavy atom. The smallest absolute Gasteiger partial charge is 0.205 e. The van der Waals surface area contributed by atoms with E-state index < -0.39 is 0 Å². The molecule has 0 aliphatic heterocycles. The van der Waals surface area contributed by atoms with Crippen molar-refractivity contribution in [3.8, 4) is 0 Å². The first kappa shape index (κ1) is 16.0. The second kappa shape index (κ2) is 7.61. The normalized spacial score (nSPS) is 11.4. The minimum atomic E-state index is 0.692. The van der Waals surface area contributed by atoms with Gasteiger partial charge in [0.05, 0.1) is 17.6 Å². The van der Waals surface area contributed by atoms with Crippen LogP contribution >= 0.6 is 11.3 Å². The van der Waals surface area contributed by atoms with Crippen LogP contribution in [0.25, 0.3) is 0 Å². The maximum atomic E-state index is 4.41. The van der Waals surface area contributed by atoms with E-state index in [1.54, 1.807) is 6.21 Å². The Morgan fingerprint density at radius 1 is 0.958 bits per heavy atom. The summed E-state index contributed by atoms with van der Waals surface area (Å²) < 4.78 is 0. The molecular formula is C18H17N5S. The van der Waals surface area contributed by atoms with Gasteiger partial charge in [-0.15, -0.1) is 10.2 Å². The lowest BCUT2D eigenvalue weighted by atomic mass is 10.2. The zero-order chi connectivity index (χ0) is 16.8. The highest BCUT2D eigenvalue weighted by Crippen LogP contribution is 2.32. The van der Waals surface area contributed by atoms with Crippen LogP contribution in [0.15, 0.2) is 69.9 Å². The SMILES string of the molecule is Cc1ccc(N=Nc2sc(N/N=C/c3ccccc3)nc2C)cc1. The van der Waals surface area contributed by atoms with Crippen molar-refractivity contribution in [3.05, 3.63) is 71.4 Å². The van der Waals surface area contributed by atoms with Crippen molar-refractivity contribution in [2.24, 2.45) is 15.3 Å². The quantitative estimate of drug-likeness (QED) is 0.373. The predicted molar refractivity (Wildman–Crippen MR) is 99.9 cm³/mol. The van der Waals surface area contributed by atoms with Crippen molar-refractivity contribution >= 4 is 33.4 Å². The second-order valence-electron chi connectivity index (χ2n) is 5.23. The Morgan fingerprint density at radius 3 is 2.46 bits per heavy atom. The zero-order valence-electron chi connectivity index (χ0n) is 13.5. The van der Waals surface area contributed by atoms with Crippen molar-refractivity contribution in [2.75, 3.05) is 5.43 Å². The van der Waals surface area contributed by atoms with E-state index in [2.05, 4.69) is 25.7 Å². The fourth-order valence-electron chi connectivity index (χ4n) is 1.94. The molecule has 3 rings (SSSR count). The lowest BCUT2D eigenvalue weighted by molar-refractivity contribution is 1.18. The summed E-state index contributed by atoms with van der Waals surface area (Å²) in [6.45, 7) is 3.95. The fourth-order valence-corrected chi connectivity index (χ4v) is 2.68. The molecule has 6 heteroatoms. The second-order valence-corrected chi connectivity index (χ2v) is 6.20. The highest BCUT2D eigenvalue weighted by molar-refractivity contribution is 7.19. The standard InChI is InChI=1S/C18H17N5S/c1-13-8-10-16(11-9-13)21-22-17-14(2)20-18(24-17)23-19-12-15-6-4-3-5-7-15/h3-12H,1-2H3,(H,20,23)/b19-12+,22-21?. The Kier molecular flexibility index (Phi) is 5.08. The van der Waals surface area contributed by atoms with Gasteiger partial charge in [0.25, 0.3) is 0 Å². The Labute approximate surface area is 144 Å². The van der Waals surface area contributed by atoms with Gasteiger partial charge in [0, 0.05) is 0 Å². The fraction of sp³-hybridized carbons (Fsp3) is 0.111. The molecular weight excluding hydrogens is 318 g/mol. The number of anilines is 1. The number of hydrogen-bond donors (Lipinski definition) is 1. The molecule has 0 radical (unpaired) electrons. The number of thiazole rings is 1. The minimum absolute atomic E-state index is 0.692. The number of nitrogens with one attached hydrogen (secondary N) is 1. The maximum Gasteiger partial charge on any atom is 0.205 e. The molecule has 3 aromatic rings. The maximum absolute atomic E-state index is 4.41. The van der Waals surface area contributed by atoms with Crippen molar-refractivity contribution in [2.45, 2.75) is 13.8 Å². The summed E-state index contributed by atoms with van der Waals surface area (Å²) in [4.78, 5) is 4.41. The number of aromatic nitrogens is 1. The van der Waals surface area contributed by atoms with E-state index in [1.807, 2.05) is 68.4 Å². The molecule has 0 fully saturated rings. The average molecular weight is 335 g/mol. The first-order chi connectivity index (χ1) is 11.7. The lowest BCUT2D eigenvalue weighted by Crippen LogP contribution is -1.89. The number of aryl methyl sites for hydroxylation is 2. The van der Waals surface area contributed by atoms with Gasteiger partial charge < -0.3 is 0 Å². The Bertz CT molecular complexity index is 851. The van der Waals surface area contributed by atoms with Crippen molar-refractivity contribution < 1.29 is 0 Å². The van der Waals surface area contributed by atoms with E-state index in [1.165, 1.54) is 16.9 Å². The van der Waals surface area contributed by atoms with Crippen molar-refractivity contribution in [1.82, 2.24) is 4.98 Å². The van der Waals surface area contributed by atoms with Gasteiger partial charge in [0.1, 0.15) is 0 Å². The van der Waals surface area contributed by atoms with Gasteiger partial charge in [-0.25, -0.2) is 4.98 Å². The van der Waals surface area contributed by atoms with Crippen LogP contribution in [-0.4, -0.2) is 11.2 Å². The van der Waals surface area contributed by atoms with Crippen LogP contribution < -0.4 is 5.43 Å². The number of rotatable bonds is 5. The third kappa shape index (κ3) is 4.33. The van der Waals surface area contributed by atoms with E-state index in [-0.39, 0.29) is 0 Å². The molecule has 120 valence electrons. The summed E-state index contributed by atoms with van der Waals surface area (Å²) in [5.74, 6) is 0. The third-order valence-corrected chi connectivity index (χ3v) is 4.18. The molecule has 0 saturated carbocycles. The number of hydrazone groups is 1. The van der Waals surface area contributed by atoms with Gasteiger partial charge in [-0.3, -0.25) is 5.43 Å². The highest BCUT2D eigenvalue weighted by atomic mass is 32.1. The van der Waals surface area contributed by atoms with Gasteiger partial charge in [-0.05, 0) is 31.5 Å². The van der Waals surface area contributed by atoms with Crippen LogP contribution in [0, 0.1) is 13.8 Å². The summed E-state index contributed by atoms with van der Waals surface area (Å²) in [7, 11) is 0. The average Bonchev–Trinajstić information content (AvgIpc) is 2.95. The van der Waals surface area contributed by atoms with Gasteiger partial charge in [-0.2, -0.15) is 5.10 Å². The largest absolute Gasteiger partial charge is 0.253 e. The summed E-state index contributed by atoms with van der Waals surface area (Å²) >= 11 is 1.42. The van der Waals surface area contributed by atoms with Crippen LogP contribution in [0.3, 0.4) is 0 Å². The molecule has 0 unspecified atom stereocenters. The molecule has 0 aliphatic carbocycles. The summed E-state index contributed by atoms with van der Waals surface area (Å²) in [6, 6.07) is 17.8. The molecule has 1 heterocycles. The Hall–Kier alpha value is -2.86. The van der Waals surface area contributed by atoms with Crippen molar-refractivity contribution in [1.29, 1.82) is 0 Å². The molecule has 2 aromatic carbocycles. The minimum Gasteiger partial charge on any atom is -0.253 e. The molecule has 5 nitrogen and oxygen atoms in total. The predicted octanol–water partition coefficient (Wildman–Crippen LogP) is 5.62. The molecule has 0 amide bonds. The Balaban J connectivity index is 1.66. The van der Waals surface area contributed by atoms with Gasteiger partial charge >= 0.3 is 0 Å². The van der Waals surface area contributed by atoms with E-state index in [0.717, 1.165) is 21.9 Å². The molecule has 0 aliphatic rings. The van der Waals surface area contributed by atoms with Crippen LogP contribution in [0.4, 0.5) is 15.8 Å². The summed E-state index contributed by atoms with van der Waals surface area (Å²) in [5, 5.41) is 14.2. The summed E-state index contributed by atoms with van der Waals surface area (Å²) in [6.07, 6.45) is 1.75. The lowest BCUT2D eigenvalue weighted by Gasteiger charge is -1.93. The first-order valence-electron chi connectivity index (χ1n) is 7.51. The van der Waals surface area contributed by atoms with Crippen molar-refractivity contribution in [3.63, 3.8) is 0 Å². The van der Waals surface area contributed by atoms with Crippen LogP contribution in [0.1, 0.15) is 16.8 Å². The first-order valence-corrected chi connectivity index (χ1v) is 8.32. The molecule has 0 spiro atoms. The van der Waals surface area contributed by atoms with E-state index >= 15 is 0 Å². The highest BCUT2D eigenvalue weighted by Gasteiger charge is 2.06. The molecule has 0 bridgehead atoms. The molecule has 0 saturated heterocycles. The topological polar surface area (TPSA) is 62.0 Å². The van der Waals surface area contributed by atoms with Gasteiger partial charge in [-0.1, -0.05) is 59.4 Å². The van der Waals surface area contributed by atoms with E-state index in [0.29, 0.717) is 5.13 Å².